The van der Waals surface area contributed by atoms with Crippen LogP contribution in [0, 0.1) is 17.1 Å². The minimum atomic E-state index is -0.367. The summed E-state index contributed by atoms with van der Waals surface area (Å²) in [6.45, 7) is 3.31. The largest absolute Gasteiger partial charge is 0.334 e. The van der Waals surface area contributed by atoms with Gasteiger partial charge >= 0.3 is 0 Å². The van der Waals surface area contributed by atoms with E-state index >= 15 is 0 Å². The molecule has 1 aliphatic carbocycles. The highest BCUT2D eigenvalue weighted by Crippen LogP contribution is 2.25. The van der Waals surface area contributed by atoms with Crippen LogP contribution in [0.4, 0.5) is 4.39 Å². The van der Waals surface area contributed by atoms with Crippen molar-refractivity contribution in [1.82, 2.24) is 20.2 Å². The van der Waals surface area contributed by atoms with Gasteiger partial charge in [-0.3, -0.25) is 4.79 Å². The van der Waals surface area contributed by atoms with Gasteiger partial charge < -0.3 is 15.2 Å². The standard InChI is InChI=1S/C24H26FN5O/c1-2-30(24(31)23-28-21-11-10-18(25)12-22(21)29-23)20-5-3-4-19(13-20)27-15-17-8-6-16(14-26)7-9-17/h6-12,19-20,27H,2-5,13,15H2,1H3,(H,28,29). The van der Waals surface area contributed by atoms with Gasteiger partial charge in [-0.15, -0.1) is 0 Å². The number of hydrogen-bond acceptors (Lipinski definition) is 4. The van der Waals surface area contributed by atoms with Gasteiger partial charge in [-0.05, 0) is 62.4 Å². The Bertz CT molecular complexity index is 1100. The minimum absolute atomic E-state index is 0.134. The van der Waals surface area contributed by atoms with E-state index in [0.717, 1.165) is 37.8 Å². The van der Waals surface area contributed by atoms with Crippen molar-refractivity contribution in [3.8, 4) is 6.07 Å². The molecule has 0 spiro atoms. The molecule has 2 unspecified atom stereocenters. The Hall–Kier alpha value is -3.24. The molecular formula is C24H26FN5O. The molecule has 2 atom stereocenters. The number of halogens is 1. The number of nitrogens with one attached hydrogen (secondary N) is 2. The van der Waals surface area contributed by atoms with Gasteiger partial charge in [0.2, 0.25) is 0 Å². The van der Waals surface area contributed by atoms with Crippen molar-refractivity contribution in [3.63, 3.8) is 0 Å². The van der Waals surface area contributed by atoms with Gasteiger partial charge in [0, 0.05) is 31.2 Å². The molecular weight excluding hydrogens is 393 g/mol. The Morgan fingerprint density at radius 3 is 2.84 bits per heavy atom. The van der Waals surface area contributed by atoms with Crippen molar-refractivity contribution < 1.29 is 9.18 Å². The predicted octanol–water partition coefficient (Wildman–Crippen LogP) is 4.14. The Labute approximate surface area is 181 Å². The summed E-state index contributed by atoms with van der Waals surface area (Å²) >= 11 is 0. The molecule has 1 heterocycles. The van der Waals surface area contributed by atoms with Gasteiger partial charge in [0.1, 0.15) is 5.82 Å². The number of H-pyrrole nitrogens is 1. The topological polar surface area (TPSA) is 84.8 Å². The van der Waals surface area contributed by atoms with E-state index in [-0.39, 0.29) is 23.6 Å². The van der Waals surface area contributed by atoms with Crippen molar-refractivity contribution in [1.29, 1.82) is 5.26 Å². The Morgan fingerprint density at radius 2 is 2.10 bits per heavy atom. The predicted molar refractivity (Wildman–Crippen MR) is 117 cm³/mol. The number of benzene rings is 2. The Morgan fingerprint density at radius 1 is 1.29 bits per heavy atom. The van der Waals surface area contributed by atoms with Crippen LogP contribution in [0.15, 0.2) is 42.5 Å². The minimum Gasteiger partial charge on any atom is -0.334 e. The Kier molecular flexibility index (Phi) is 6.28. The van der Waals surface area contributed by atoms with E-state index in [1.807, 2.05) is 36.1 Å². The van der Waals surface area contributed by atoms with Crippen LogP contribution in [0.25, 0.3) is 11.0 Å². The maximum Gasteiger partial charge on any atom is 0.289 e. The number of aromatic nitrogens is 2. The monoisotopic (exact) mass is 419 g/mol. The molecule has 0 aliphatic heterocycles. The van der Waals surface area contributed by atoms with Crippen molar-refractivity contribution >= 4 is 16.9 Å². The fourth-order valence-electron chi connectivity index (χ4n) is 4.38. The second-order valence-corrected chi connectivity index (χ2v) is 8.05. The average molecular weight is 420 g/mol. The molecule has 31 heavy (non-hydrogen) atoms. The molecule has 160 valence electrons. The first-order valence-electron chi connectivity index (χ1n) is 10.8. The van der Waals surface area contributed by atoms with Gasteiger partial charge in [0.05, 0.1) is 22.7 Å². The van der Waals surface area contributed by atoms with Crippen LogP contribution in [0.3, 0.4) is 0 Å². The van der Waals surface area contributed by atoms with E-state index in [2.05, 4.69) is 21.4 Å². The SMILES string of the molecule is CCN(C(=O)c1nc2cc(F)ccc2[nH]1)C1CCCC(NCc2ccc(C#N)cc2)C1. The molecule has 1 fully saturated rings. The maximum atomic E-state index is 13.5. The second kappa shape index (κ2) is 9.27. The quantitative estimate of drug-likeness (QED) is 0.629. The number of amides is 1. The zero-order valence-electron chi connectivity index (χ0n) is 17.6. The van der Waals surface area contributed by atoms with Gasteiger partial charge in [0.25, 0.3) is 5.91 Å². The third-order valence-corrected chi connectivity index (χ3v) is 6.01. The number of imidazole rings is 1. The van der Waals surface area contributed by atoms with Crippen molar-refractivity contribution in [3.05, 3.63) is 65.2 Å². The lowest BCUT2D eigenvalue weighted by molar-refractivity contribution is 0.0617. The fourth-order valence-corrected chi connectivity index (χ4v) is 4.38. The van der Waals surface area contributed by atoms with E-state index in [4.69, 9.17) is 5.26 Å². The fraction of sp³-hybridized carbons (Fsp3) is 0.375. The lowest BCUT2D eigenvalue weighted by Crippen LogP contribution is -2.47. The highest BCUT2D eigenvalue weighted by atomic mass is 19.1. The summed E-state index contributed by atoms with van der Waals surface area (Å²) in [5, 5.41) is 12.5. The molecule has 3 aromatic rings. The maximum absolute atomic E-state index is 13.5. The van der Waals surface area contributed by atoms with Crippen LogP contribution in [0.5, 0.6) is 0 Å². The molecule has 1 aliphatic rings. The molecule has 2 aromatic carbocycles. The van der Waals surface area contributed by atoms with Crippen LogP contribution in [-0.4, -0.2) is 39.4 Å². The molecule has 6 nitrogen and oxygen atoms in total. The molecule has 1 amide bonds. The van der Waals surface area contributed by atoms with Gasteiger partial charge in [-0.25, -0.2) is 9.37 Å². The summed E-state index contributed by atoms with van der Waals surface area (Å²) in [6.07, 6.45) is 3.96. The lowest BCUT2D eigenvalue weighted by atomic mass is 9.89. The number of aromatic amines is 1. The summed E-state index contributed by atoms with van der Waals surface area (Å²) in [5.41, 5.74) is 2.92. The summed E-state index contributed by atoms with van der Waals surface area (Å²) in [5.74, 6) is -0.249. The smallest absolute Gasteiger partial charge is 0.289 e. The van der Waals surface area contributed by atoms with E-state index in [1.165, 1.54) is 12.1 Å². The number of hydrogen-bond donors (Lipinski definition) is 2. The third-order valence-electron chi connectivity index (χ3n) is 6.01. The molecule has 0 saturated heterocycles. The molecule has 1 aromatic heterocycles. The van der Waals surface area contributed by atoms with E-state index in [0.29, 0.717) is 29.2 Å². The molecule has 0 bridgehead atoms. The second-order valence-electron chi connectivity index (χ2n) is 8.05. The van der Waals surface area contributed by atoms with E-state index in [1.54, 1.807) is 6.07 Å². The molecule has 0 radical (unpaired) electrons. The molecule has 2 N–H and O–H groups in total. The van der Waals surface area contributed by atoms with Gasteiger partial charge in [-0.1, -0.05) is 12.1 Å². The lowest BCUT2D eigenvalue weighted by Gasteiger charge is -2.37. The number of carbonyl (C=O) groups excluding carboxylic acids is 1. The van der Waals surface area contributed by atoms with E-state index < -0.39 is 0 Å². The normalized spacial score (nSPS) is 18.6. The van der Waals surface area contributed by atoms with Crippen LogP contribution in [0.1, 0.15) is 54.4 Å². The van der Waals surface area contributed by atoms with Gasteiger partial charge in [-0.2, -0.15) is 5.26 Å². The summed E-state index contributed by atoms with van der Waals surface area (Å²) in [7, 11) is 0. The molecule has 1 saturated carbocycles. The average Bonchev–Trinajstić information content (AvgIpc) is 3.22. The first kappa shape index (κ1) is 21.0. The van der Waals surface area contributed by atoms with Crippen LogP contribution < -0.4 is 5.32 Å². The van der Waals surface area contributed by atoms with Crippen LogP contribution >= 0.6 is 0 Å². The summed E-state index contributed by atoms with van der Waals surface area (Å²) in [4.78, 5) is 22.4. The van der Waals surface area contributed by atoms with Crippen LogP contribution in [-0.2, 0) is 6.54 Å². The first-order valence-corrected chi connectivity index (χ1v) is 10.8. The zero-order valence-corrected chi connectivity index (χ0v) is 17.6. The summed E-state index contributed by atoms with van der Waals surface area (Å²) in [6, 6.07) is 14.5. The van der Waals surface area contributed by atoms with Crippen molar-refractivity contribution in [2.24, 2.45) is 0 Å². The number of nitriles is 1. The Balaban J connectivity index is 1.41. The number of fused-ring (bicyclic) bond motifs is 1. The molecule has 4 rings (SSSR count). The number of rotatable bonds is 6. The zero-order chi connectivity index (χ0) is 21.8. The van der Waals surface area contributed by atoms with Crippen molar-refractivity contribution in [2.75, 3.05) is 6.54 Å². The first-order chi connectivity index (χ1) is 15.1. The third kappa shape index (κ3) is 4.75. The number of carbonyl (C=O) groups is 1. The molecule has 7 heteroatoms. The van der Waals surface area contributed by atoms with Gasteiger partial charge in [0.15, 0.2) is 5.82 Å². The summed E-state index contributed by atoms with van der Waals surface area (Å²) < 4.78 is 13.5. The van der Waals surface area contributed by atoms with Crippen LogP contribution in [0.2, 0.25) is 0 Å². The van der Waals surface area contributed by atoms with E-state index in [9.17, 15) is 9.18 Å². The number of nitrogens with zero attached hydrogens (tertiary/aromatic N) is 3. The highest BCUT2D eigenvalue weighted by molar-refractivity contribution is 5.94. The highest BCUT2D eigenvalue weighted by Gasteiger charge is 2.30. The van der Waals surface area contributed by atoms with Crippen molar-refractivity contribution in [2.45, 2.75) is 51.2 Å².